The van der Waals surface area contributed by atoms with Gasteiger partial charge in [-0.2, -0.15) is 0 Å². The van der Waals surface area contributed by atoms with E-state index in [1.54, 1.807) is 19.2 Å². The molecule has 0 spiro atoms. The van der Waals surface area contributed by atoms with Gasteiger partial charge < -0.3 is 0 Å². The second kappa shape index (κ2) is 6.11. The molecule has 0 aliphatic carbocycles. The smallest absolute Gasteiger partial charge is 0.266 e. The summed E-state index contributed by atoms with van der Waals surface area (Å²) in [5, 5.41) is 1.22. The number of pyridine rings is 1. The molecule has 1 heterocycles. The zero-order chi connectivity index (χ0) is 13.7. The van der Waals surface area contributed by atoms with Crippen LogP contribution in [0.4, 0.5) is 0 Å². The van der Waals surface area contributed by atoms with Gasteiger partial charge in [0.1, 0.15) is 12.3 Å². The predicted molar refractivity (Wildman–Crippen MR) is 72.3 cm³/mol. The highest BCUT2D eigenvalue weighted by Crippen LogP contribution is 2.06. The van der Waals surface area contributed by atoms with Gasteiger partial charge in [0.25, 0.3) is 5.91 Å². The van der Waals surface area contributed by atoms with Crippen molar-refractivity contribution in [3.05, 3.63) is 65.5 Å². The second-order valence-electron chi connectivity index (χ2n) is 4.23. The van der Waals surface area contributed by atoms with Crippen LogP contribution in [0.2, 0.25) is 0 Å². The molecule has 0 bridgehead atoms. The first kappa shape index (κ1) is 13.2. The number of aryl methyl sites for hydroxylation is 1. The number of hydrogen-bond donors (Lipinski definition) is 0. The van der Waals surface area contributed by atoms with Crippen LogP contribution in [-0.2, 0) is 11.4 Å². The van der Waals surface area contributed by atoms with Crippen LogP contribution in [0, 0.1) is 6.92 Å². The Hall–Kier alpha value is -2.20. The predicted octanol–water partition coefficient (Wildman–Crippen LogP) is 2.59. The van der Waals surface area contributed by atoms with Crippen LogP contribution in [0.5, 0.6) is 0 Å². The zero-order valence-corrected chi connectivity index (χ0v) is 11.0. The van der Waals surface area contributed by atoms with Gasteiger partial charge in [0.15, 0.2) is 0 Å². The average molecular weight is 256 g/mol. The van der Waals surface area contributed by atoms with E-state index < -0.39 is 0 Å². The lowest BCUT2D eigenvalue weighted by molar-refractivity contribution is -0.116. The van der Waals surface area contributed by atoms with E-state index in [0.717, 1.165) is 11.3 Å². The SMILES string of the molecule is Cc1cccc(C(=O)N(C)OCc2ccccc2)n1. The van der Waals surface area contributed by atoms with Crippen molar-refractivity contribution in [3.8, 4) is 0 Å². The van der Waals surface area contributed by atoms with Crippen LogP contribution in [0.1, 0.15) is 21.7 Å². The largest absolute Gasteiger partial charge is 0.295 e. The minimum Gasteiger partial charge on any atom is -0.266 e. The normalized spacial score (nSPS) is 10.2. The molecule has 19 heavy (non-hydrogen) atoms. The van der Waals surface area contributed by atoms with E-state index in [0.29, 0.717) is 12.3 Å². The molecule has 0 fully saturated rings. The van der Waals surface area contributed by atoms with E-state index in [1.165, 1.54) is 5.06 Å². The Morgan fingerprint density at radius 2 is 1.89 bits per heavy atom. The number of carbonyl (C=O) groups excluding carboxylic acids is 1. The van der Waals surface area contributed by atoms with Gasteiger partial charge in [-0.3, -0.25) is 9.63 Å². The standard InChI is InChI=1S/C15H16N2O2/c1-12-7-6-10-14(16-12)15(18)17(2)19-11-13-8-4-3-5-9-13/h3-10H,11H2,1-2H3. The Balaban J connectivity index is 1.96. The number of hydroxylamine groups is 2. The second-order valence-corrected chi connectivity index (χ2v) is 4.23. The van der Waals surface area contributed by atoms with Crippen molar-refractivity contribution in [2.75, 3.05) is 7.05 Å². The van der Waals surface area contributed by atoms with Gasteiger partial charge in [0, 0.05) is 12.7 Å². The van der Waals surface area contributed by atoms with Gasteiger partial charge in [0.05, 0.1) is 0 Å². The summed E-state index contributed by atoms with van der Waals surface area (Å²) in [6.07, 6.45) is 0. The molecular formula is C15H16N2O2. The fraction of sp³-hybridized carbons (Fsp3) is 0.200. The number of carbonyl (C=O) groups is 1. The summed E-state index contributed by atoms with van der Waals surface area (Å²) in [6, 6.07) is 15.0. The summed E-state index contributed by atoms with van der Waals surface area (Å²) in [7, 11) is 1.59. The molecule has 0 atom stereocenters. The third-order valence-corrected chi connectivity index (χ3v) is 2.66. The third-order valence-electron chi connectivity index (χ3n) is 2.66. The van der Waals surface area contributed by atoms with E-state index in [1.807, 2.05) is 43.3 Å². The van der Waals surface area contributed by atoms with Gasteiger partial charge in [0.2, 0.25) is 0 Å². The van der Waals surface area contributed by atoms with E-state index >= 15 is 0 Å². The van der Waals surface area contributed by atoms with E-state index in [4.69, 9.17) is 4.84 Å². The monoisotopic (exact) mass is 256 g/mol. The molecule has 4 nitrogen and oxygen atoms in total. The Labute approximate surface area is 112 Å². The van der Waals surface area contributed by atoms with Crippen molar-refractivity contribution in [1.29, 1.82) is 0 Å². The highest BCUT2D eigenvalue weighted by molar-refractivity contribution is 5.91. The molecule has 4 heteroatoms. The summed E-state index contributed by atoms with van der Waals surface area (Å²) in [4.78, 5) is 21.7. The molecule has 0 aliphatic rings. The first-order valence-electron chi connectivity index (χ1n) is 6.05. The highest BCUT2D eigenvalue weighted by atomic mass is 16.7. The summed E-state index contributed by atoms with van der Waals surface area (Å²) in [6.45, 7) is 2.20. The van der Waals surface area contributed by atoms with Crippen LogP contribution < -0.4 is 0 Å². The molecule has 2 rings (SSSR count). The van der Waals surface area contributed by atoms with Crippen molar-refractivity contribution in [3.63, 3.8) is 0 Å². The number of rotatable bonds is 4. The summed E-state index contributed by atoms with van der Waals surface area (Å²) in [5.41, 5.74) is 2.21. The maximum absolute atomic E-state index is 12.1. The lowest BCUT2D eigenvalue weighted by Crippen LogP contribution is -2.27. The van der Waals surface area contributed by atoms with Crippen LogP contribution in [0.15, 0.2) is 48.5 Å². The van der Waals surface area contributed by atoms with Crippen molar-refractivity contribution >= 4 is 5.91 Å². The molecule has 98 valence electrons. The van der Waals surface area contributed by atoms with Crippen LogP contribution in [0.25, 0.3) is 0 Å². The lowest BCUT2D eigenvalue weighted by atomic mass is 10.2. The van der Waals surface area contributed by atoms with Crippen LogP contribution in [-0.4, -0.2) is 23.0 Å². The van der Waals surface area contributed by atoms with Crippen molar-refractivity contribution in [2.24, 2.45) is 0 Å². The third kappa shape index (κ3) is 3.63. The van der Waals surface area contributed by atoms with Crippen LogP contribution >= 0.6 is 0 Å². The molecule has 0 aliphatic heterocycles. The number of benzene rings is 1. The van der Waals surface area contributed by atoms with E-state index in [9.17, 15) is 4.79 Å². The Kier molecular flexibility index (Phi) is 4.26. The van der Waals surface area contributed by atoms with Gasteiger partial charge in [-0.05, 0) is 24.6 Å². The quantitative estimate of drug-likeness (QED) is 0.790. The maximum atomic E-state index is 12.1. The number of amides is 1. The fourth-order valence-electron chi connectivity index (χ4n) is 1.63. The number of nitrogens with zero attached hydrogens (tertiary/aromatic N) is 2. The first-order valence-corrected chi connectivity index (χ1v) is 6.05. The molecule has 2 aromatic rings. The zero-order valence-electron chi connectivity index (χ0n) is 11.0. The van der Waals surface area contributed by atoms with E-state index in [-0.39, 0.29) is 5.91 Å². The van der Waals surface area contributed by atoms with Gasteiger partial charge in [-0.1, -0.05) is 36.4 Å². The minimum absolute atomic E-state index is 0.250. The van der Waals surface area contributed by atoms with Crippen molar-refractivity contribution in [2.45, 2.75) is 13.5 Å². The minimum atomic E-state index is -0.250. The summed E-state index contributed by atoms with van der Waals surface area (Å²) >= 11 is 0. The van der Waals surface area contributed by atoms with Gasteiger partial charge in [-0.15, -0.1) is 0 Å². The average Bonchev–Trinajstić information content (AvgIpc) is 2.45. The maximum Gasteiger partial charge on any atom is 0.295 e. The fourth-order valence-corrected chi connectivity index (χ4v) is 1.63. The number of hydrogen-bond acceptors (Lipinski definition) is 3. The topological polar surface area (TPSA) is 42.4 Å². The number of aromatic nitrogens is 1. The Morgan fingerprint density at radius 1 is 1.16 bits per heavy atom. The molecule has 1 amide bonds. The first-order chi connectivity index (χ1) is 9.16. The molecule has 0 saturated heterocycles. The molecule has 0 N–H and O–H groups in total. The van der Waals surface area contributed by atoms with E-state index in [2.05, 4.69) is 4.98 Å². The van der Waals surface area contributed by atoms with Crippen LogP contribution in [0.3, 0.4) is 0 Å². The summed E-state index contributed by atoms with van der Waals surface area (Å²) < 4.78 is 0. The van der Waals surface area contributed by atoms with Gasteiger partial charge >= 0.3 is 0 Å². The van der Waals surface area contributed by atoms with Crippen molar-refractivity contribution in [1.82, 2.24) is 10.0 Å². The molecule has 0 saturated carbocycles. The Morgan fingerprint density at radius 3 is 2.58 bits per heavy atom. The van der Waals surface area contributed by atoms with Crippen molar-refractivity contribution < 1.29 is 9.63 Å². The molecular weight excluding hydrogens is 240 g/mol. The molecule has 0 radical (unpaired) electrons. The molecule has 1 aromatic carbocycles. The highest BCUT2D eigenvalue weighted by Gasteiger charge is 2.13. The summed E-state index contributed by atoms with van der Waals surface area (Å²) in [5.74, 6) is -0.250. The molecule has 0 unspecified atom stereocenters. The van der Waals surface area contributed by atoms with Gasteiger partial charge in [-0.25, -0.2) is 10.0 Å². The molecule has 1 aromatic heterocycles. The Bertz CT molecular complexity index is 555. The lowest BCUT2D eigenvalue weighted by Gasteiger charge is -2.16.